The number of nitrogens with zero attached hydrogens (tertiary/aromatic N) is 4. The van der Waals surface area contributed by atoms with Crippen molar-refractivity contribution in [3.8, 4) is 0 Å². The van der Waals surface area contributed by atoms with Gasteiger partial charge in [0.2, 0.25) is 0 Å². The zero-order valence-corrected chi connectivity index (χ0v) is 16.5. The molecule has 0 aliphatic heterocycles. The first-order valence-corrected chi connectivity index (χ1v) is 7.72. The van der Waals surface area contributed by atoms with Crippen molar-refractivity contribution >= 4 is 47.2 Å². The van der Waals surface area contributed by atoms with Gasteiger partial charge in [-0.1, -0.05) is 23.7 Å². The normalized spacial score (nSPS) is 11.2. The van der Waals surface area contributed by atoms with Crippen molar-refractivity contribution in [3.05, 3.63) is 64.8 Å². The first-order chi connectivity index (χ1) is 11.7. The maximum Gasteiger partial charge on any atom is 0.191 e. The summed E-state index contributed by atoms with van der Waals surface area (Å²) in [6, 6.07) is 10.3. The van der Waals surface area contributed by atoms with Gasteiger partial charge in [-0.15, -0.1) is 34.2 Å². The van der Waals surface area contributed by atoms with Crippen LogP contribution in [0.1, 0.15) is 11.4 Å². The zero-order valence-electron chi connectivity index (χ0n) is 13.4. The fourth-order valence-corrected chi connectivity index (χ4v) is 2.43. The highest BCUT2D eigenvalue weighted by molar-refractivity contribution is 14.0. The van der Waals surface area contributed by atoms with Gasteiger partial charge < -0.3 is 10.6 Å². The Labute approximate surface area is 166 Å². The molecule has 2 N–H and O–H groups in total. The monoisotopic (exact) mass is 474 g/mol. The summed E-state index contributed by atoms with van der Waals surface area (Å²) in [6.45, 7) is 0.940. The topological polar surface area (TPSA) is 66.6 Å². The van der Waals surface area contributed by atoms with Crippen LogP contribution in [0.5, 0.6) is 0 Å². The van der Waals surface area contributed by atoms with Gasteiger partial charge in [0, 0.05) is 19.8 Å². The quantitative estimate of drug-likeness (QED) is 0.347. The van der Waals surface area contributed by atoms with Crippen LogP contribution >= 0.6 is 35.6 Å². The summed E-state index contributed by atoms with van der Waals surface area (Å²) in [5.41, 5.74) is 1.65. The molecule has 2 aromatic heterocycles. The Hall–Kier alpha value is -1.94. The van der Waals surface area contributed by atoms with E-state index in [-0.39, 0.29) is 29.0 Å². The lowest BCUT2D eigenvalue weighted by molar-refractivity contribution is 0.627. The van der Waals surface area contributed by atoms with Crippen molar-refractivity contribution in [2.24, 2.45) is 4.99 Å². The third-order valence-corrected chi connectivity index (χ3v) is 3.76. The number of nitrogens with one attached hydrogen (secondary N) is 2. The van der Waals surface area contributed by atoms with Gasteiger partial charge in [-0.2, -0.15) is 0 Å². The lowest BCUT2D eigenvalue weighted by Gasteiger charge is -2.11. The summed E-state index contributed by atoms with van der Waals surface area (Å²) in [6.07, 6.45) is 1.91. The smallest absolute Gasteiger partial charge is 0.191 e. The number of pyridine rings is 1. The second kappa shape index (κ2) is 8.95. The van der Waals surface area contributed by atoms with E-state index in [9.17, 15) is 4.39 Å². The standard InChI is InChI=1S/C16H16ClFN6.HI/c1-19-16(20-9-11-5-6-13(18)12(17)8-11)21-10-15-23-22-14-4-2-3-7-24(14)15;/h2-8H,9-10H2,1H3,(H2,19,20,21);1H. The van der Waals surface area contributed by atoms with Crippen LogP contribution in [0.25, 0.3) is 5.65 Å². The molecular formula is C16H17ClFIN6. The van der Waals surface area contributed by atoms with Crippen LogP contribution in [0.3, 0.4) is 0 Å². The van der Waals surface area contributed by atoms with E-state index in [1.807, 2.05) is 28.8 Å². The molecule has 0 aliphatic rings. The van der Waals surface area contributed by atoms with Crippen molar-refractivity contribution in [1.29, 1.82) is 0 Å². The minimum atomic E-state index is -0.429. The molecule has 0 aliphatic carbocycles. The number of fused-ring (bicyclic) bond motifs is 1. The SMILES string of the molecule is CN=C(NCc1ccc(F)c(Cl)c1)NCc1nnc2ccccn12.I. The Morgan fingerprint density at radius 1 is 1.20 bits per heavy atom. The van der Waals surface area contributed by atoms with Gasteiger partial charge in [-0.25, -0.2) is 4.39 Å². The minimum Gasteiger partial charge on any atom is -0.352 e. The third kappa shape index (κ3) is 4.79. The van der Waals surface area contributed by atoms with Crippen molar-refractivity contribution in [2.75, 3.05) is 7.05 Å². The number of hydrogen-bond acceptors (Lipinski definition) is 3. The van der Waals surface area contributed by atoms with E-state index in [1.165, 1.54) is 6.07 Å². The summed E-state index contributed by atoms with van der Waals surface area (Å²) in [5, 5.41) is 14.7. The fourth-order valence-electron chi connectivity index (χ4n) is 2.23. The van der Waals surface area contributed by atoms with Crippen LogP contribution in [-0.4, -0.2) is 27.6 Å². The van der Waals surface area contributed by atoms with Crippen molar-refractivity contribution in [1.82, 2.24) is 25.2 Å². The van der Waals surface area contributed by atoms with E-state index in [4.69, 9.17) is 11.6 Å². The molecule has 2 heterocycles. The molecule has 1 aromatic carbocycles. The summed E-state index contributed by atoms with van der Waals surface area (Å²) in [5.74, 6) is 0.947. The fraction of sp³-hybridized carbons (Fsp3) is 0.188. The molecule has 0 saturated heterocycles. The number of aliphatic imine (C=N–C) groups is 1. The first-order valence-electron chi connectivity index (χ1n) is 7.34. The second-order valence-corrected chi connectivity index (χ2v) is 5.48. The van der Waals surface area contributed by atoms with Crippen LogP contribution < -0.4 is 10.6 Å². The number of hydrogen-bond donors (Lipinski definition) is 2. The summed E-state index contributed by atoms with van der Waals surface area (Å²) >= 11 is 5.78. The highest BCUT2D eigenvalue weighted by atomic mass is 127. The summed E-state index contributed by atoms with van der Waals surface area (Å²) in [7, 11) is 1.68. The van der Waals surface area contributed by atoms with Gasteiger partial charge in [0.25, 0.3) is 0 Å². The maximum absolute atomic E-state index is 13.2. The van der Waals surface area contributed by atoms with E-state index in [0.29, 0.717) is 19.0 Å². The second-order valence-electron chi connectivity index (χ2n) is 5.07. The molecule has 0 spiro atoms. The molecule has 6 nitrogen and oxygen atoms in total. The largest absolute Gasteiger partial charge is 0.352 e. The van der Waals surface area contributed by atoms with Crippen molar-refractivity contribution < 1.29 is 4.39 Å². The van der Waals surface area contributed by atoms with Gasteiger partial charge >= 0.3 is 0 Å². The Balaban J connectivity index is 0.00000225. The molecule has 0 saturated carbocycles. The molecule has 3 aromatic rings. The molecule has 0 atom stereocenters. The molecule has 25 heavy (non-hydrogen) atoms. The molecule has 0 bridgehead atoms. The summed E-state index contributed by atoms with van der Waals surface area (Å²) in [4.78, 5) is 4.15. The Bertz CT molecular complexity index is 882. The number of rotatable bonds is 4. The Morgan fingerprint density at radius 3 is 2.76 bits per heavy atom. The molecule has 9 heteroatoms. The number of aromatic nitrogens is 3. The van der Waals surface area contributed by atoms with E-state index in [2.05, 4.69) is 25.8 Å². The summed E-state index contributed by atoms with van der Waals surface area (Å²) < 4.78 is 15.1. The van der Waals surface area contributed by atoms with Crippen LogP contribution in [0.4, 0.5) is 4.39 Å². The molecule has 132 valence electrons. The van der Waals surface area contributed by atoms with E-state index >= 15 is 0 Å². The lowest BCUT2D eigenvalue weighted by Crippen LogP contribution is -2.36. The van der Waals surface area contributed by atoms with E-state index in [1.54, 1.807) is 19.2 Å². The van der Waals surface area contributed by atoms with Crippen LogP contribution in [0.2, 0.25) is 5.02 Å². The maximum atomic E-state index is 13.2. The van der Waals surface area contributed by atoms with Crippen LogP contribution in [0.15, 0.2) is 47.6 Å². The van der Waals surface area contributed by atoms with Crippen molar-refractivity contribution in [2.45, 2.75) is 13.1 Å². The van der Waals surface area contributed by atoms with Crippen molar-refractivity contribution in [3.63, 3.8) is 0 Å². The number of guanidine groups is 1. The van der Waals surface area contributed by atoms with Crippen LogP contribution in [-0.2, 0) is 13.1 Å². The highest BCUT2D eigenvalue weighted by Gasteiger charge is 2.06. The van der Waals surface area contributed by atoms with Gasteiger partial charge in [-0.05, 0) is 29.8 Å². The van der Waals surface area contributed by atoms with E-state index in [0.717, 1.165) is 17.0 Å². The zero-order chi connectivity index (χ0) is 16.9. The predicted molar refractivity (Wildman–Crippen MR) is 107 cm³/mol. The first kappa shape index (κ1) is 19.4. The van der Waals surface area contributed by atoms with Gasteiger partial charge in [0.05, 0.1) is 11.6 Å². The molecule has 0 fully saturated rings. The van der Waals surface area contributed by atoms with Crippen LogP contribution in [0, 0.1) is 5.82 Å². The predicted octanol–water partition coefficient (Wildman–Crippen LogP) is 3.01. The van der Waals surface area contributed by atoms with E-state index < -0.39 is 5.82 Å². The average Bonchev–Trinajstić information content (AvgIpc) is 3.01. The number of benzene rings is 1. The molecule has 0 unspecified atom stereocenters. The molecule has 3 rings (SSSR count). The minimum absolute atomic E-state index is 0. The molecule has 0 amide bonds. The van der Waals surface area contributed by atoms with Gasteiger partial charge in [0.1, 0.15) is 5.82 Å². The Morgan fingerprint density at radius 2 is 2.00 bits per heavy atom. The third-order valence-electron chi connectivity index (χ3n) is 3.47. The number of halogens is 3. The average molecular weight is 475 g/mol. The molecule has 0 radical (unpaired) electrons. The lowest BCUT2D eigenvalue weighted by atomic mass is 10.2. The van der Waals surface area contributed by atoms with Gasteiger partial charge in [-0.3, -0.25) is 9.39 Å². The highest BCUT2D eigenvalue weighted by Crippen LogP contribution is 2.15. The van der Waals surface area contributed by atoms with Gasteiger partial charge in [0.15, 0.2) is 17.4 Å². The molecular weight excluding hydrogens is 458 g/mol. The Kier molecular flexibility index (Phi) is 6.94.